The Bertz CT molecular complexity index is 487. The van der Waals surface area contributed by atoms with Crippen molar-refractivity contribution in [2.45, 2.75) is 32.7 Å². The molecule has 116 valence electrons. The van der Waals surface area contributed by atoms with Crippen molar-refractivity contribution >= 4 is 17.7 Å². The van der Waals surface area contributed by atoms with Crippen LogP contribution >= 0.6 is 0 Å². The van der Waals surface area contributed by atoms with Gasteiger partial charge in [0.15, 0.2) is 0 Å². The van der Waals surface area contributed by atoms with Crippen LogP contribution in [0.3, 0.4) is 0 Å². The van der Waals surface area contributed by atoms with E-state index in [2.05, 4.69) is 13.8 Å². The highest BCUT2D eigenvalue weighted by Crippen LogP contribution is 2.31. The summed E-state index contributed by atoms with van der Waals surface area (Å²) in [5, 5.41) is 11.3. The van der Waals surface area contributed by atoms with Crippen molar-refractivity contribution in [2.75, 3.05) is 25.2 Å². The van der Waals surface area contributed by atoms with Gasteiger partial charge in [0.1, 0.15) is 12.0 Å². The first-order chi connectivity index (χ1) is 10.1. The number of hydrogen-bond acceptors (Lipinski definition) is 5. The van der Waals surface area contributed by atoms with Gasteiger partial charge in [-0.15, -0.1) is 0 Å². The van der Waals surface area contributed by atoms with Gasteiger partial charge in [-0.3, -0.25) is 14.9 Å². The number of anilines is 1. The van der Waals surface area contributed by atoms with Crippen LogP contribution in [-0.2, 0) is 4.74 Å². The summed E-state index contributed by atoms with van der Waals surface area (Å²) in [6.07, 6.45) is 2.38. The summed E-state index contributed by atoms with van der Waals surface area (Å²) >= 11 is 0. The number of methoxy groups -OCH3 is 1. The lowest BCUT2D eigenvalue weighted by Gasteiger charge is -2.32. The third kappa shape index (κ3) is 4.26. The highest BCUT2D eigenvalue weighted by atomic mass is 16.6. The molecule has 0 amide bonds. The molecule has 6 heteroatoms. The van der Waals surface area contributed by atoms with E-state index >= 15 is 0 Å². The number of rotatable bonds is 9. The van der Waals surface area contributed by atoms with Crippen molar-refractivity contribution in [1.29, 1.82) is 0 Å². The van der Waals surface area contributed by atoms with Crippen molar-refractivity contribution in [3.05, 3.63) is 33.9 Å². The van der Waals surface area contributed by atoms with Crippen LogP contribution in [-0.4, -0.2) is 37.5 Å². The topological polar surface area (TPSA) is 72.7 Å². The molecule has 0 aliphatic heterocycles. The number of carbonyl (C=O) groups is 1. The smallest absolute Gasteiger partial charge is 0.293 e. The minimum Gasteiger partial charge on any atom is -0.383 e. The molecule has 0 aromatic heterocycles. The van der Waals surface area contributed by atoms with E-state index in [-0.39, 0.29) is 11.7 Å². The highest BCUT2D eigenvalue weighted by molar-refractivity contribution is 5.79. The average Bonchev–Trinajstić information content (AvgIpc) is 2.51. The van der Waals surface area contributed by atoms with Crippen LogP contribution in [0.2, 0.25) is 0 Å². The van der Waals surface area contributed by atoms with Crippen molar-refractivity contribution < 1.29 is 14.5 Å². The molecular formula is C15H22N2O4. The van der Waals surface area contributed by atoms with Gasteiger partial charge in [0.25, 0.3) is 5.69 Å². The molecule has 0 aliphatic rings. The lowest BCUT2D eigenvalue weighted by molar-refractivity contribution is -0.384. The third-order valence-electron chi connectivity index (χ3n) is 3.56. The van der Waals surface area contributed by atoms with Crippen molar-refractivity contribution in [3.63, 3.8) is 0 Å². The monoisotopic (exact) mass is 294 g/mol. The third-order valence-corrected chi connectivity index (χ3v) is 3.56. The molecule has 21 heavy (non-hydrogen) atoms. The first-order valence-electron chi connectivity index (χ1n) is 7.08. The van der Waals surface area contributed by atoms with E-state index in [1.807, 2.05) is 4.90 Å². The minimum atomic E-state index is -0.440. The van der Waals surface area contributed by atoms with E-state index in [0.717, 1.165) is 12.8 Å². The van der Waals surface area contributed by atoms with Gasteiger partial charge in [0, 0.05) is 31.3 Å². The number of benzene rings is 1. The van der Waals surface area contributed by atoms with Gasteiger partial charge in [0.05, 0.1) is 11.5 Å². The van der Waals surface area contributed by atoms with E-state index in [9.17, 15) is 14.9 Å². The fourth-order valence-corrected chi connectivity index (χ4v) is 2.42. The Labute approximate surface area is 124 Å². The summed E-state index contributed by atoms with van der Waals surface area (Å²) in [4.78, 5) is 23.7. The number of carbonyl (C=O) groups excluding carboxylic acids is 1. The zero-order valence-corrected chi connectivity index (χ0v) is 12.7. The molecule has 6 nitrogen and oxygen atoms in total. The number of hydrogen-bond donors (Lipinski definition) is 0. The van der Waals surface area contributed by atoms with Crippen LogP contribution in [0.5, 0.6) is 0 Å². The number of nitro groups is 1. The van der Waals surface area contributed by atoms with Gasteiger partial charge in [-0.1, -0.05) is 13.8 Å². The summed E-state index contributed by atoms with van der Waals surface area (Å²) in [6, 6.07) is 4.78. The first-order valence-corrected chi connectivity index (χ1v) is 7.08. The van der Waals surface area contributed by atoms with Crippen LogP contribution in [0.25, 0.3) is 0 Å². The molecule has 0 spiro atoms. The van der Waals surface area contributed by atoms with Gasteiger partial charge >= 0.3 is 0 Å². The number of nitrogens with zero attached hydrogens (tertiary/aromatic N) is 2. The molecule has 0 aliphatic carbocycles. The molecule has 0 saturated carbocycles. The molecule has 0 N–H and O–H groups in total. The van der Waals surface area contributed by atoms with Crippen LogP contribution in [0, 0.1) is 10.1 Å². The number of nitro benzene ring substituents is 1. The summed E-state index contributed by atoms with van der Waals surface area (Å²) < 4.78 is 5.11. The summed E-state index contributed by atoms with van der Waals surface area (Å²) in [5.41, 5.74) is 0.806. The molecule has 0 radical (unpaired) electrons. The van der Waals surface area contributed by atoms with Gasteiger partial charge in [0.2, 0.25) is 0 Å². The Hall–Kier alpha value is -1.95. The molecular weight excluding hydrogens is 272 g/mol. The first kappa shape index (κ1) is 17.1. The predicted molar refractivity (Wildman–Crippen MR) is 82.1 cm³/mol. The summed E-state index contributed by atoms with van der Waals surface area (Å²) in [5.74, 6) is 0. The van der Waals surface area contributed by atoms with Crippen LogP contribution < -0.4 is 4.90 Å². The van der Waals surface area contributed by atoms with E-state index in [4.69, 9.17) is 4.74 Å². The van der Waals surface area contributed by atoms with E-state index in [1.165, 1.54) is 6.07 Å². The molecule has 1 rings (SSSR count). The molecule has 0 bridgehead atoms. The lowest BCUT2D eigenvalue weighted by atomic mass is 10.1. The quantitative estimate of drug-likeness (QED) is 0.397. The minimum absolute atomic E-state index is 0.0393. The maximum absolute atomic E-state index is 11.3. The molecule has 1 aromatic rings. The zero-order chi connectivity index (χ0) is 15.8. The standard InChI is InChI=1S/C15H22N2O4/c1-4-13(5-2)16(8-9-21-3)14-7-6-12(11-18)10-15(14)17(19)20/h6-7,10-11,13H,4-5,8-9H2,1-3H3. The number of aldehydes is 1. The lowest BCUT2D eigenvalue weighted by Crippen LogP contribution is -2.37. The molecule has 0 atom stereocenters. The Morgan fingerprint density at radius 2 is 2.05 bits per heavy atom. The Morgan fingerprint density at radius 3 is 2.52 bits per heavy atom. The van der Waals surface area contributed by atoms with E-state index in [0.29, 0.717) is 30.7 Å². The number of ether oxygens (including phenoxy) is 1. The second kappa shape index (κ2) is 8.36. The van der Waals surface area contributed by atoms with E-state index in [1.54, 1.807) is 19.2 Å². The largest absolute Gasteiger partial charge is 0.383 e. The van der Waals surface area contributed by atoms with Crippen LogP contribution in [0.1, 0.15) is 37.0 Å². The van der Waals surface area contributed by atoms with Gasteiger partial charge in [-0.25, -0.2) is 0 Å². The Balaban J connectivity index is 3.27. The van der Waals surface area contributed by atoms with Crippen LogP contribution in [0.4, 0.5) is 11.4 Å². The van der Waals surface area contributed by atoms with Crippen molar-refractivity contribution in [1.82, 2.24) is 0 Å². The zero-order valence-electron chi connectivity index (χ0n) is 12.7. The Morgan fingerprint density at radius 1 is 1.38 bits per heavy atom. The second-order valence-corrected chi connectivity index (χ2v) is 4.78. The Kier molecular flexibility index (Phi) is 6.81. The summed E-state index contributed by atoms with van der Waals surface area (Å²) in [7, 11) is 1.61. The van der Waals surface area contributed by atoms with Gasteiger partial charge in [-0.05, 0) is 25.0 Å². The summed E-state index contributed by atoms with van der Waals surface area (Å²) in [6.45, 7) is 5.17. The van der Waals surface area contributed by atoms with Crippen molar-refractivity contribution in [3.8, 4) is 0 Å². The fourth-order valence-electron chi connectivity index (χ4n) is 2.42. The SMILES string of the molecule is CCC(CC)N(CCOC)c1ccc(C=O)cc1[N+](=O)[O-]. The molecule has 0 fully saturated rings. The molecule has 0 heterocycles. The fraction of sp³-hybridized carbons (Fsp3) is 0.533. The van der Waals surface area contributed by atoms with Gasteiger partial charge < -0.3 is 9.64 Å². The van der Waals surface area contributed by atoms with Gasteiger partial charge in [-0.2, -0.15) is 0 Å². The maximum atomic E-state index is 11.3. The molecule has 0 unspecified atom stereocenters. The molecule has 0 saturated heterocycles. The second-order valence-electron chi connectivity index (χ2n) is 4.78. The highest BCUT2D eigenvalue weighted by Gasteiger charge is 2.24. The van der Waals surface area contributed by atoms with Crippen molar-refractivity contribution in [2.24, 2.45) is 0 Å². The maximum Gasteiger partial charge on any atom is 0.293 e. The predicted octanol–water partition coefficient (Wildman–Crippen LogP) is 3.05. The van der Waals surface area contributed by atoms with Crippen LogP contribution in [0.15, 0.2) is 18.2 Å². The van der Waals surface area contributed by atoms with E-state index < -0.39 is 4.92 Å². The average molecular weight is 294 g/mol. The molecule has 1 aromatic carbocycles. The normalized spacial score (nSPS) is 10.7.